The number of carbonyl (C=O) groups is 1. The molecule has 8 heteroatoms. The third kappa shape index (κ3) is 3.70. The highest BCUT2D eigenvalue weighted by Gasteiger charge is 2.33. The molecule has 0 aromatic heterocycles. The number of nitrogens with zero attached hydrogens (tertiary/aromatic N) is 2. The lowest BCUT2D eigenvalue weighted by molar-refractivity contribution is 0.122. The van der Waals surface area contributed by atoms with Gasteiger partial charge < -0.3 is 25.4 Å². The van der Waals surface area contributed by atoms with Crippen molar-refractivity contribution in [2.24, 2.45) is 5.73 Å². The Morgan fingerprint density at radius 3 is 2.83 bits per heavy atom. The number of anilines is 2. The topological polar surface area (TPSA) is 80.1 Å². The van der Waals surface area contributed by atoms with E-state index in [2.05, 4.69) is 16.3 Å². The molecule has 1 amide bonds. The molecule has 2 aliphatic heterocycles. The summed E-state index contributed by atoms with van der Waals surface area (Å²) < 4.78 is 10.7. The first kappa shape index (κ1) is 16.8. The van der Waals surface area contributed by atoms with E-state index in [9.17, 15) is 4.79 Å². The Kier molecular flexibility index (Phi) is 5.06. The molecule has 3 N–H and O–H groups in total. The molecule has 0 saturated carbocycles. The second kappa shape index (κ2) is 7.23. The van der Waals surface area contributed by atoms with Gasteiger partial charge in [-0.3, -0.25) is 4.90 Å². The molecule has 0 unspecified atom stereocenters. The Morgan fingerprint density at radius 1 is 1.42 bits per heavy atom. The molecular weight excluding hydrogens is 328 g/mol. The first-order chi connectivity index (χ1) is 11.5. The van der Waals surface area contributed by atoms with Gasteiger partial charge in [-0.05, 0) is 42.9 Å². The third-order valence-corrected chi connectivity index (χ3v) is 4.37. The second-order valence-corrected chi connectivity index (χ2v) is 6.37. The van der Waals surface area contributed by atoms with E-state index < -0.39 is 0 Å². The molecule has 1 aromatic carbocycles. The van der Waals surface area contributed by atoms with Crippen molar-refractivity contribution in [2.75, 3.05) is 49.2 Å². The maximum Gasteiger partial charge on any atom is 0.414 e. The molecule has 2 heterocycles. The summed E-state index contributed by atoms with van der Waals surface area (Å²) in [4.78, 5) is 16.1. The van der Waals surface area contributed by atoms with E-state index in [0.717, 1.165) is 43.2 Å². The van der Waals surface area contributed by atoms with Crippen LogP contribution in [0.1, 0.15) is 5.56 Å². The fraction of sp³-hybridized carbons (Fsp3) is 0.500. The van der Waals surface area contributed by atoms with Gasteiger partial charge in [0, 0.05) is 18.8 Å². The summed E-state index contributed by atoms with van der Waals surface area (Å²) >= 11 is 4.78. The Hall–Kier alpha value is -2.06. The van der Waals surface area contributed by atoms with E-state index in [1.54, 1.807) is 4.90 Å². The molecular formula is C16H22N4O3S. The number of benzene rings is 1. The summed E-state index contributed by atoms with van der Waals surface area (Å²) in [5.41, 5.74) is 8.48. The predicted molar refractivity (Wildman–Crippen MR) is 96.6 cm³/mol. The summed E-state index contributed by atoms with van der Waals surface area (Å²) in [6.45, 7) is 6.17. The zero-order valence-electron chi connectivity index (χ0n) is 13.7. The van der Waals surface area contributed by atoms with Crippen LogP contribution < -0.4 is 20.9 Å². The molecule has 2 fully saturated rings. The zero-order chi connectivity index (χ0) is 17.1. The maximum atomic E-state index is 12.2. The minimum atomic E-state index is -0.341. The number of hydrogen-bond donors (Lipinski definition) is 2. The van der Waals surface area contributed by atoms with E-state index >= 15 is 0 Å². The fourth-order valence-corrected chi connectivity index (χ4v) is 3.08. The number of aryl methyl sites for hydroxylation is 1. The number of amides is 1. The Labute approximate surface area is 146 Å². The SMILES string of the molecule is Cc1cc(N2CCOCC2)ccc1N1C[C@H](CNC(N)=S)OC1=O. The lowest BCUT2D eigenvalue weighted by atomic mass is 10.1. The monoisotopic (exact) mass is 350 g/mol. The molecule has 24 heavy (non-hydrogen) atoms. The molecule has 0 radical (unpaired) electrons. The molecule has 0 spiro atoms. The van der Waals surface area contributed by atoms with Gasteiger partial charge in [-0.2, -0.15) is 0 Å². The van der Waals surface area contributed by atoms with Crippen LogP contribution in [0.4, 0.5) is 16.2 Å². The summed E-state index contributed by atoms with van der Waals surface area (Å²) in [7, 11) is 0. The van der Waals surface area contributed by atoms with Crippen LogP contribution >= 0.6 is 12.2 Å². The highest BCUT2D eigenvalue weighted by Crippen LogP contribution is 2.29. The van der Waals surface area contributed by atoms with Crippen LogP contribution in [-0.4, -0.2) is 56.7 Å². The van der Waals surface area contributed by atoms with Crippen LogP contribution in [0.25, 0.3) is 0 Å². The van der Waals surface area contributed by atoms with Crippen molar-refractivity contribution in [3.8, 4) is 0 Å². The van der Waals surface area contributed by atoms with E-state index in [-0.39, 0.29) is 17.3 Å². The summed E-state index contributed by atoms with van der Waals surface area (Å²) in [6, 6.07) is 6.13. The average molecular weight is 350 g/mol. The predicted octanol–water partition coefficient (Wildman–Crippen LogP) is 0.990. The van der Waals surface area contributed by atoms with Gasteiger partial charge >= 0.3 is 6.09 Å². The van der Waals surface area contributed by atoms with Crippen LogP contribution in [0.3, 0.4) is 0 Å². The van der Waals surface area contributed by atoms with Crippen LogP contribution in [0.15, 0.2) is 18.2 Å². The molecule has 0 bridgehead atoms. The van der Waals surface area contributed by atoms with E-state index in [0.29, 0.717) is 13.1 Å². The number of carbonyl (C=O) groups excluding carboxylic acids is 1. The van der Waals surface area contributed by atoms with Crippen LogP contribution in [0.5, 0.6) is 0 Å². The normalized spacial score (nSPS) is 20.9. The van der Waals surface area contributed by atoms with Crippen molar-refractivity contribution in [1.82, 2.24) is 5.32 Å². The molecule has 0 aliphatic carbocycles. The zero-order valence-corrected chi connectivity index (χ0v) is 14.5. The molecule has 7 nitrogen and oxygen atoms in total. The second-order valence-electron chi connectivity index (χ2n) is 5.93. The average Bonchev–Trinajstić information content (AvgIpc) is 2.94. The van der Waals surface area contributed by atoms with Gasteiger partial charge in [0.1, 0.15) is 6.10 Å². The number of rotatable bonds is 4. The van der Waals surface area contributed by atoms with Gasteiger partial charge in [-0.1, -0.05) is 0 Å². The van der Waals surface area contributed by atoms with Crippen molar-refractivity contribution in [2.45, 2.75) is 13.0 Å². The van der Waals surface area contributed by atoms with Crippen LogP contribution in [0.2, 0.25) is 0 Å². The van der Waals surface area contributed by atoms with E-state index in [1.165, 1.54) is 0 Å². The van der Waals surface area contributed by atoms with Crippen molar-refractivity contribution < 1.29 is 14.3 Å². The molecule has 1 aromatic rings. The highest BCUT2D eigenvalue weighted by atomic mass is 32.1. The lowest BCUT2D eigenvalue weighted by Gasteiger charge is -2.29. The van der Waals surface area contributed by atoms with Gasteiger partial charge in [0.2, 0.25) is 0 Å². The largest absolute Gasteiger partial charge is 0.442 e. The van der Waals surface area contributed by atoms with Crippen LogP contribution in [-0.2, 0) is 9.47 Å². The first-order valence-electron chi connectivity index (χ1n) is 7.99. The Balaban J connectivity index is 1.70. The van der Waals surface area contributed by atoms with Gasteiger partial charge in [0.25, 0.3) is 0 Å². The van der Waals surface area contributed by atoms with Crippen molar-refractivity contribution in [3.05, 3.63) is 23.8 Å². The minimum Gasteiger partial charge on any atom is -0.442 e. The van der Waals surface area contributed by atoms with Gasteiger partial charge in [-0.25, -0.2) is 4.79 Å². The standard InChI is InChI=1S/C16H22N4O3S/c1-11-8-12(19-4-6-22-7-5-19)2-3-14(11)20-10-13(23-16(20)21)9-18-15(17)24/h2-3,8,13H,4-7,9-10H2,1H3,(H3,17,18,24)/t13-/m0/s1. The quantitative estimate of drug-likeness (QED) is 0.784. The first-order valence-corrected chi connectivity index (χ1v) is 8.40. The lowest BCUT2D eigenvalue weighted by Crippen LogP contribution is -2.37. The fourth-order valence-electron chi connectivity index (χ4n) is 3.00. The highest BCUT2D eigenvalue weighted by molar-refractivity contribution is 7.80. The third-order valence-electron chi connectivity index (χ3n) is 4.23. The Morgan fingerprint density at radius 2 is 2.17 bits per heavy atom. The number of cyclic esters (lactones) is 1. The van der Waals surface area contributed by atoms with Gasteiger partial charge in [-0.15, -0.1) is 0 Å². The van der Waals surface area contributed by atoms with E-state index in [1.807, 2.05) is 19.1 Å². The Bertz CT molecular complexity index is 634. The molecule has 2 aliphatic rings. The van der Waals surface area contributed by atoms with Crippen molar-refractivity contribution in [1.29, 1.82) is 0 Å². The summed E-state index contributed by atoms with van der Waals surface area (Å²) in [5.74, 6) is 0. The van der Waals surface area contributed by atoms with Crippen molar-refractivity contribution >= 4 is 34.8 Å². The molecule has 2 saturated heterocycles. The number of nitrogens with one attached hydrogen (secondary N) is 1. The minimum absolute atomic E-state index is 0.204. The van der Waals surface area contributed by atoms with Gasteiger partial charge in [0.15, 0.2) is 5.11 Å². The molecule has 3 rings (SSSR count). The van der Waals surface area contributed by atoms with Crippen molar-refractivity contribution in [3.63, 3.8) is 0 Å². The number of ether oxygens (including phenoxy) is 2. The van der Waals surface area contributed by atoms with Crippen LogP contribution in [0, 0.1) is 6.92 Å². The molecule has 130 valence electrons. The number of thiocarbonyl (C=S) groups is 1. The summed E-state index contributed by atoms with van der Waals surface area (Å²) in [5, 5.41) is 3.04. The number of nitrogens with two attached hydrogens (primary N) is 1. The molecule has 1 atom stereocenters. The maximum absolute atomic E-state index is 12.2. The smallest absolute Gasteiger partial charge is 0.414 e. The summed E-state index contributed by atoms with van der Waals surface area (Å²) in [6.07, 6.45) is -0.607. The van der Waals surface area contributed by atoms with E-state index in [4.69, 9.17) is 27.4 Å². The number of hydrogen-bond acceptors (Lipinski definition) is 5. The van der Waals surface area contributed by atoms with Gasteiger partial charge in [0.05, 0.1) is 32.0 Å². The number of morpholine rings is 1.